The minimum absolute atomic E-state index is 0.0502. The van der Waals surface area contributed by atoms with E-state index in [0.717, 1.165) is 12.0 Å². The molecule has 0 saturated carbocycles. The smallest absolute Gasteiger partial charge is 0.255 e. The van der Waals surface area contributed by atoms with Crippen LogP contribution in [-0.4, -0.2) is 37.0 Å². The topological polar surface area (TPSA) is 67.9 Å². The van der Waals surface area contributed by atoms with E-state index < -0.39 is 0 Å². The number of benzene rings is 2. The molecule has 1 N–H and O–H groups in total. The van der Waals surface area contributed by atoms with Crippen molar-refractivity contribution in [1.82, 2.24) is 4.90 Å². The molecule has 0 fully saturated rings. The van der Waals surface area contributed by atoms with Gasteiger partial charge in [0.05, 0.1) is 18.2 Å². The highest BCUT2D eigenvalue weighted by Gasteiger charge is 2.19. The van der Waals surface area contributed by atoms with E-state index in [1.54, 1.807) is 30.1 Å². The number of rotatable bonds is 4. The van der Waals surface area contributed by atoms with Crippen LogP contribution in [0.15, 0.2) is 36.4 Å². The van der Waals surface area contributed by atoms with Crippen LogP contribution < -0.4 is 14.8 Å². The van der Waals surface area contributed by atoms with Crippen molar-refractivity contribution in [3.05, 3.63) is 52.5 Å². The molecule has 0 radical (unpaired) electrons. The summed E-state index contributed by atoms with van der Waals surface area (Å²) >= 11 is 6.27. The zero-order valence-electron chi connectivity index (χ0n) is 15.3. The second-order valence-corrected chi connectivity index (χ2v) is 6.73. The number of halogens is 1. The van der Waals surface area contributed by atoms with Crippen LogP contribution >= 0.6 is 11.6 Å². The molecule has 2 amide bonds. The Balaban J connectivity index is 1.83. The lowest BCUT2D eigenvalue weighted by Gasteiger charge is -2.18. The maximum absolute atomic E-state index is 12.8. The average molecular weight is 389 g/mol. The SMILES string of the molecule is CC(=O)N(C)Cc1ccccc1NC(=O)c1cc(Cl)c2c(c1)OCCCO2. The van der Waals surface area contributed by atoms with Gasteiger partial charge in [0, 0.05) is 38.2 Å². The van der Waals surface area contributed by atoms with Gasteiger partial charge < -0.3 is 19.7 Å². The maximum atomic E-state index is 12.8. The molecule has 27 heavy (non-hydrogen) atoms. The first kappa shape index (κ1) is 19.0. The molecular weight excluding hydrogens is 368 g/mol. The van der Waals surface area contributed by atoms with E-state index in [4.69, 9.17) is 21.1 Å². The Labute approximate surface area is 163 Å². The highest BCUT2D eigenvalue weighted by Crippen LogP contribution is 2.38. The summed E-state index contributed by atoms with van der Waals surface area (Å²) in [6.45, 7) is 2.93. The van der Waals surface area contributed by atoms with Crippen molar-refractivity contribution in [3.8, 4) is 11.5 Å². The van der Waals surface area contributed by atoms with E-state index in [9.17, 15) is 9.59 Å². The number of nitrogens with one attached hydrogen (secondary N) is 1. The minimum Gasteiger partial charge on any atom is -0.489 e. The predicted molar refractivity (Wildman–Crippen MR) is 104 cm³/mol. The van der Waals surface area contributed by atoms with Gasteiger partial charge in [-0.15, -0.1) is 0 Å². The molecule has 2 aromatic rings. The number of fused-ring (bicyclic) bond motifs is 1. The molecule has 6 nitrogen and oxygen atoms in total. The van der Waals surface area contributed by atoms with Crippen molar-refractivity contribution in [1.29, 1.82) is 0 Å². The largest absolute Gasteiger partial charge is 0.489 e. The number of hydrogen-bond acceptors (Lipinski definition) is 4. The molecule has 0 unspecified atom stereocenters. The zero-order chi connectivity index (χ0) is 19.4. The first-order chi connectivity index (χ1) is 13.0. The van der Waals surface area contributed by atoms with Crippen molar-refractivity contribution in [3.63, 3.8) is 0 Å². The first-order valence-corrected chi connectivity index (χ1v) is 9.03. The molecule has 1 aliphatic heterocycles. The molecule has 142 valence electrons. The first-order valence-electron chi connectivity index (χ1n) is 8.66. The van der Waals surface area contributed by atoms with Crippen LogP contribution in [0, 0.1) is 0 Å². The molecule has 0 bridgehead atoms. The van der Waals surface area contributed by atoms with E-state index in [0.29, 0.717) is 47.5 Å². The Morgan fingerprint density at radius 3 is 2.70 bits per heavy atom. The molecule has 0 atom stereocenters. The third-order valence-electron chi connectivity index (χ3n) is 4.27. The van der Waals surface area contributed by atoms with Gasteiger partial charge in [0.2, 0.25) is 5.91 Å². The standard InChI is InChI=1S/C20H21ClN2O4/c1-13(24)23(2)12-14-6-3-4-7-17(14)22-20(25)15-10-16(21)19-18(11-15)26-8-5-9-27-19/h3-4,6-7,10-11H,5,8-9,12H2,1-2H3,(H,22,25). The van der Waals surface area contributed by atoms with Crippen molar-refractivity contribution < 1.29 is 19.1 Å². The summed E-state index contributed by atoms with van der Waals surface area (Å²) in [5, 5.41) is 3.23. The lowest BCUT2D eigenvalue weighted by atomic mass is 10.1. The molecule has 0 aromatic heterocycles. The number of amides is 2. The summed E-state index contributed by atoms with van der Waals surface area (Å²) in [4.78, 5) is 25.8. The summed E-state index contributed by atoms with van der Waals surface area (Å²) < 4.78 is 11.2. The molecule has 0 saturated heterocycles. The molecule has 7 heteroatoms. The zero-order valence-corrected chi connectivity index (χ0v) is 16.0. The van der Waals surface area contributed by atoms with Crippen LogP contribution in [0.1, 0.15) is 29.3 Å². The second-order valence-electron chi connectivity index (χ2n) is 6.32. The van der Waals surface area contributed by atoms with Crippen LogP contribution in [0.4, 0.5) is 5.69 Å². The number of carbonyl (C=O) groups excluding carboxylic acids is 2. The van der Waals surface area contributed by atoms with E-state index >= 15 is 0 Å². The molecule has 3 rings (SSSR count). The van der Waals surface area contributed by atoms with Gasteiger partial charge in [-0.1, -0.05) is 29.8 Å². The Morgan fingerprint density at radius 2 is 1.93 bits per heavy atom. The lowest BCUT2D eigenvalue weighted by molar-refractivity contribution is -0.128. The fourth-order valence-electron chi connectivity index (χ4n) is 2.70. The van der Waals surface area contributed by atoms with Crippen molar-refractivity contribution in [2.45, 2.75) is 19.9 Å². The van der Waals surface area contributed by atoms with Gasteiger partial charge in [-0.25, -0.2) is 0 Å². The quantitative estimate of drug-likeness (QED) is 0.866. The number of nitrogens with zero attached hydrogens (tertiary/aromatic N) is 1. The summed E-state index contributed by atoms with van der Waals surface area (Å²) in [5.74, 6) is 0.570. The van der Waals surface area contributed by atoms with Gasteiger partial charge >= 0.3 is 0 Å². The van der Waals surface area contributed by atoms with Gasteiger partial charge in [-0.05, 0) is 23.8 Å². The molecule has 0 spiro atoms. The number of anilines is 1. The minimum atomic E-state index is -0.314. The van der Waals surface area contributed by atoms with Crippen LogP contribution in [0.2, 0.25) is 5.02 Å². The van der Waals surface area contributed by atoms with Crippen LogP contribution in [0.3, 0.4) is 0 Å². The van der Waals surface area contributed by atoms with E-state index in [2.05, 4.69) is 5.32 Å². The van der Waals surface area contributed by atoms with Gasteiger partial charge in [0.1, 0.15) is 0 Å². The van der Waals surface area contributed by atoms with Gasteiger partial charge in [-0.3, -0.25) is 9.59 Å². The van der Waals surface area contributed by atoms with Crippen LogP contribution in [-0.2, 0) is 11.3 Å². The number of ether oxygens (including phenoxy) is 2. The van der Waals surface area contributed by atoms with Gasteiger partial charge in [0.25, 0.3) is 5.91 Å². The third kappa shape index (κ3) is 4.52. The molecule has 1 heterocycles. The Kier molecular flexibility index (Phi) is 5.86. The fourth-order valence-corrected chi connectivity index (χ4v) is 2.97. The van der Waals surface area contributed by atoms with Crippen molar-refractivity contribution in [2.24, 2.45) is 0 Å². The lowest BCUT2D eigenvalue weighted by Crippen LogP contribution is -2.24. The normalized spacial score (nSPS) is 12.9. The van der Waals surface area contributed by atoms with Gasteiger partial charge in [-0.2, -0.15) is 0 Å². The number of para-hydroxylation sites is 1. The Bertz CT molecular complexity index is 869. The van der Waals surface area contributed by atoms with E-state index in [1.807, 2.05) is 18.2 Å². The fraction of sp³-hybridized carbons (Fsp3) is 0.300. The molecule has 2 aromatic carbocycles. The Morgan fingerprint density at radius 1 is 1.19 bits per heavy atom. The molecule has 1 aliphatic rings. The number of carbonyl (C=O) groups is 2. The van der Waals surface area contributed by atoms with Crippen molar-refractivity contribution >= 4 is 29.1 Å². The molecule has 0 aliphatic carbocycles. The van der Waals surface area contributed by atoms with E-state index in [1.165, 1.54) is 6.92 Å². The Hall–Kier alpha value is -2.73. The van der Waals surface area contributed by atoms with Crippen molar-refractivity contribution in [2.75, 3.05) is 25.6 Å². The summed E-state index contributed by atoms with van der Waals surface area (Å²) in [7, 11) is 1.71. The average Bonchev–Trinajstić information content (AvgIpc) is 2.89. The second kappa shape index (κ2) is 8.31. The predicted octanol–water partition coefficient (Wildman–Crippen LogP) is 3.73. The maximum Gasteiger partial charge on any atom is 0.255 e. The monoisotopic (exact) mass is 388 g/mol. The highest BCUT2D eigenvalue weighted by molar-refractivity contribution is 6.32. The highest BCUT2D eigenvalue weighted by atomic mass is 35.5. The van der Waals surface area contributed by atoms with E-state index in [-0.39, 0.29) is 11.8 Å². The summed E-state index contributed by atoms with van der Waals surface area (Å²) in [5.41, 5.74) is 1.85. The van der Waals surface area contributed by atoms with Crippen LogP contribution in [0.25, 0.3) is 0 Å². The summed E-state index contributed by atoms with van der Waals surface area (Å²) in [6, 6.07) is 10.6. The number of hydrogen-bond donors (Lipinski definition) is 1. The van der Waals surface area contributed by atoms with Gasteiger partial charge in [0.15, 0.2) is 11.5 Å². The third-order valence-corrected chi connectivity index (χ3v) is 4.56. The molecular formula is C20H21ClN2O4. The van der Waals surface area contributed by atoms with Crippen LogP contribution in [0.5, 0.6) is 11.5 Å². The summed E-state index contributed by atoms with van der Waals surface area (Å²) in [6.07, 6.45) is 0.754.